The molecule has 0 unspecified atom stereocenters. The van der Waals surface area contributed by atoms with Gasteiger partial charge in [0.15, 0.2) is 0 Å². The first kappa shape index (κ1) is 10.6. The number of nitrogens with one attached hydrogen (secondary N) is 1. The topological polar surface area (TPSA) is 32.3 Å². The Balaban J connectivity index is 1.87. The molecule has 0 bridgehead atoms. The molecule has 0 atom stereocenters. The van der Waals surface area contributed by atoms with Gasteiger partial charge in [-0.25, -0.2) is 5.43 Å². The van der Waals surface area contributed by atoms with E-state index in [0.29, 0.717) is 6.42 Å². The molecule has 2 rings (SSSR count). The smallest absolute Gasteiger partial charge is 0.238 e. The van der Waals surface area contributed by atoms with Gasteiger partial charge in [0.1, 0.15) is 0 Å². The van der Waals surface area contributed by atoms with E-state index in [2.05, 4.69) is 33.5 Å². The number of hydrogen-bond donors (Lipinski definition) is 1. The van der Waals surface area contributed by atoms with Crippen LogP contribution in [0.25, 0.3) is 0 Å². The molecule has 4 heteroatoms. The van der Waals surface area contributed by atoms with Crippen LogP contribution in [-0.4, -0.2) is 24.0 Å². The van der Waals surface area contributed by atoms with Crippen molar-refractivity contribution in [2.45, 2.75) is 12.8 Å². The second-order valence-corrected chi connectivity index (χ2v) is 4.50. The zero-order chi connectivity index (χ0) is 10.7. The molecular weight excluding hydrogens is 256 g/mol. The molecule has 1 saturated heterocycles. The summed E-state index contributed by atoms with van der Waals surface area (Å²) in [5.74, 6) is 0.201. The third kappa shape index (κ3) is 2.79. The molecule has 0 radical (unpaired) electrons. The number of hydrazine groups is 1. The molecule has 0 saturated carbocycles. The summed E-state index contributed by atoms with van der Waals surface area (Å²) in [6.45, 7) is 1.53. The van der Waals surface area contributed by atoms with E-state index in [-0.39, 0.29) is 5.91 Å². The van der Waals surface area contributed by atoms with Crippen LogP contribution in [0.1, 0.15) is 12.0 Å². The average molecular weight is 269 g/mol. The predicted molar refractivity (Wildman–Crippen MR) is 62.2 cm³/mol. The fourth-order valence-electron chi connectivity index (χ4n) is 1.62. The van der Waals surface area contributed by atoms with Crippen molar-refractivity contribution >= 4 is 21.8 Å². The summed E-state index contributed by atoms with van der Waals surface area (Å²) in [5, 5.41) is 1.71. The maximum Gasteiger partial charge on any atom is 0.238 e. The first-order valence-corrected chi connectivity index (χ1v) is 5.83. The summed E-state index contributed by atoms with van der Waals surface area (Å²) < 4.78 is 1.08. The van der Waals surface area contributed by atoms with E-state index in [0.717, 1.165) is 24.0 Å². The average Bonchev–Trinajstić information content (AvgIpc) is 2.63. The summed E-state index contributed by atoms with van der Waals surface area (Å²) in [6.07, 6.45) is 1.52. The number of amides is 1. The van der Waals surface area contributed by atoms with Crippen molar-refractivity contribution in [1.82, 2.24) is 10.4 Å². The summed E-state index contributed by atoms with van der Waals surface area (Å²) in [5.41, 5.74) is 4.31. The lowest BCUT2D eigenvalue weighted by Crippen LogP contribution is -2.35. The maximum absolute atomic E-state index is 11.3. The van der Waals surface area contributed by atoms with Crippen LogP contribution < -0.4 is 5.43 Å². The molecule has 1 aliphatic rings. The number of halogens is 1. The second-order valence-electron chi connectivity index (χ2n) is 3.58. The van der Waals surface area contributed by atoms with E-state index in [1.165, 1.54) is 5.56 Å². The molecule has 0 spiro atoms. The van der Waals surface area contributed by atoms with Gasteiger partial charge in [-0.15, -0.1) is 0 Å². The van der Waals surface area contributed by atoms with Crippen LogP contribution >= 0.6 is 15.9 Å². The predicted octanol–water partition coefficient (Wildman–Crippen LogP) is 1.73. The first-order valence-electron chi connectivity index (χ1n) is 5.04. The van der Waals surface area contributed by atoms with Crippen molar-refractivity contribution < 1.29 is 4.79 Å². The first-order chi connectivity index (χ1) is 7.25. The second kappa shape index (κ2) is 4.77. The summed E-state index contributed by atoms with van der Waals surface area (Å²) >= 11 is 3.40. The third-order valence-corrected chi connectivity index (χ3v) is 3.01. The number of carbonyl (C=O) groups is 1. The monoisotopic (exact) mass is 268 g/mol. The Bertz CT molecular complexity index is 350. The van der Waals surface area contributed by atoms with E-state index < -0.39 is 0 Å². The van der Waals surface area contributed by atoms with Crippen molar-refractivity contribution in [2.75, 3.05) is 13.1 Å². The highest BCUT2D eigenvalue weighted by molar-refractivity contribution is 9.10. The van der Waals surface area contributed by atoms with Crippen molar-refractivity contribution in [3.05, 3.63) is 34.3 Å². The molecule has 3 nitrogen and oxygen atoms in total. The van der Waals surface area contributed by atoms with Gasteiger partial charge in [0.05, 0.1) is 0 Å². The van der Waals surface area contributed by atoms with Crippen molar-refractivity contribution in [1.29, 1.82) is 0 Å². The molecule has 1 fully saturated rings. The lowest BCUT2D eigenvalue weighted by molar-refractivity contribution is -0.129. The van der Waals surface area contributed by atoms with Gasteiger partial charge in [0.2, 0.25) is 5.91 Å². The van der Waals surface area contributed by atoms with Crippen molar-refractivity contribution in [3.63, 3.8) is 0 Å². The van der Waals surface area contributed by atoms with Gasteiger partial charge < -0.3 is 0 Å². The highest BCUT2D eigenvalue weighted by Gasteiger charge is 2.18. The summed E-state index contributed by atoms with van der Waals surface area (Å²) in [7, 11) is 0. The van der Waals surface area contributed by atoms with E-state index in [9.17, 15) is 4.79 Å². The minimum absolute atomic E-state index is 0.201. The zero-order valence-electron chi connectivity index (χ0n) is 8.37. The fraction of sp³-hybridized carbons (Fsp3) is 0.364. The van der Waals surface area contributed by atoms with Gasteiger partial charge in [-0.2, -0.15) is 0 Å². The maximum atomic E-state index is 11.3. The molecule has 1 aromatic carbocycles. The van der Waals surface area contributed by atoms with Crippen LogP contribution in [-0.2, 0) is 11.2 Å². The molecule has 1 aromatic rings. The standard InChI is InChI=1S/C11H13BrN2O/c12-10-3-1-9(2-4-10)6-8-14-11(15)5-7-13-14/h1-4,13H,5-8H2. The van der Waals surface area contributed by atoms with Crippen LogP contribution in [0.15, 0.2) is 28.7 Å². The van der Waals surface area contributed by atoms with Gasteiger partial charge >= 0.3 is 0 Å². The third-order valence-electron chi connectivity index (χ3n) is 2.48. The lowest BCUT2D eigenvalue weighted by Gasteiger charge is -2.15. The summed E-state index contributed by atoms with van der Waals surface area (Å²) in [6, 6.07) is 8.19. The van der Waals surface area contributed by atoms with Crippen LogP contribution in [0, 0.1) is 0 Å². The van der Waals surface area contributed by atoms with Gasteiger partial charge in [0.25, 0.3) is 0 Å². The minimum Gasteiger partial charge on any atom is -0.278 e. The Hall–Kier alpha value is -0.870. The van der Waals surface area contributed by atoms with Crippen LogP contribution in [0.5, 0.6) is 0 Å². The molecule has 1 amide bonds. The molecule has 1 heterocycles. The lowest BCUT2D eigenvalue weighted by atomic mass is 10.1. The van der Waals surface area contributed by atoms with E-state index in [4.69, 9.17) is 0 Å². The minimum atomic E-state index is 0.201. The molecule has 1 N–H and O–H groups in total. The van der Waals surface area contributed by atoms with Crippen LogP contribution in [0.2, 0.25) is 0 Å². The van der Waals surface area contributed by atoms with Crippen molar-refractivity contribution in [2.24, 2.45) is 0 Å². The van der Waals surface area contributed by atoms with Crippen LogP contribution in [0.3, 0.4) is 0 Å². The van der Waals surface area contributed by atoms with Gasteiger partial charge in [-0.05, 0) is 24.1 Å². The molecule has 0 aromatic heterocycles. The number of carbonyl (C=O) groups excluding carboxylic acids is 1. The van der Waals surface area contributed by atoms with E-state index in [1.807, 2.05) is 12.1 Å². The Morgan fingerprint density at radius 3 is 2.67 bits per heavy atom. The van der Waals surface area contributed by atoms with Crippen LogP contribution in [0.4, 0.5) is 0 Å². The number of nitrogens with zero attached hydrogens (tertiary/aromatic N) is 1. The Morgan fingerprint density at radius 1 is 1.33 bits per heavy atom. The molecule has 80 valence electrons. The largest absolute Gasteiger partial charge is 0.278 e. The van der Waals surface area contributed by atoms with E-state index in [1.54, 1.807) is 5.01 Å². The van der Waals surface area contributed by atoms with Crippen molar-refractivity contribution in [3.8, 4) is 0 Å². The van der Waals surface area contributed by atoms with Gasteiger partial charge in [-0.1, -0.05) is 28.1 Å². The van der Waals surface area contributed by atoms with Gasteiger partial charge in [0, 0.05) is 24.0 Å². The highest BCUT2D eigenvalue weighted by Crippen LogP contribution is 2.11. The van der Waals surface area contributed by atoms with Gasteiger partial charge in [-0.3, -0.25) is 9.80 Å². The SMILES string of the molecule is O=C1CCNN1CCc1ccc(Br)cc1. The number of hydrogen-bond acceptors (Lipinski definition) is 2. The summed E-state index contributed by atoms with van der Waals surface area (Å²) in [4.78, 5) is 11.3. The highest BCUT2D eigenvalue weighted by atomic mass is 79.9. The molecule has 0 aliphatic carbocycles. The zero-order valence-corrected chi connectivity index (χ0v) is 9.96. The fourth-order valence-corrected chi connectivity index (χ4v) is 1.88. The Kier molecular flexibility index (Phi) is 3.38. The number of rotatable bonds is 3. The normalized spacial score (nSPS) is 16.1. The Labute approximate surface area is 97.6 Å². The number of benzene rings is 1. The molecular formula is C11H13BrN2O. The van der Waals surface area contributed by atoms with E-state index >= 15 is 0 Å². The molecule has 1 aliphatic heterocycles. The molecule has 15 heavy (non-hydrogen) atoms. The Morgan fingerprint density at radius 2 is 2.07 bits per heavy atom. The quantitative estimate of drug-likeness (QED) is 0.906.